The van der Waals surface area contributed by atoms with Crippen LogP contribution in [0, 0.1) is 11.3 Å². The zero-order chi connectivity index (χ0) is 9.26. The van der Waals surface area contributed by atoms with Gasteiger partial charge in [0.15, 0.2) is 6.07 Å². The van der Waals surface area contributed by atoms with Crippen LogP contribution in [0.25, 0.3) is 10.9 Å². The first-order valence-electron chi connectivity index (χ1n) is 3.92. The van der Waals surface area contributed by atoms with E-state index in [0.29, 0.717) is 5.69 Å². The molecule has 1 aromatic heterocycles. The van der Waals surface area contributed by atoms with Crippen molar-refractivity contribution in [1.29, 1.82) is 5.26 Å². The van der Waals surface area contributed by atoms with Gasteiger partial charge in [-0.2, -0.15) is 5.26 Å². The van der Waals surface area contributed by atoms with Crippen molar-refractivity contribution in [3.63, 3.8) is 0 Å². The monoisotopic (exact) mass is 170 g/mol. The van der Waals surface area contributed by atoms with Crippen LogP contribution < -0.4 is 10.5 Å². The highest BCUT2D eigenvalue weighted by Crippen LogP contribution is 2.08. The van der Waals surface area contributed by atoms with Crippen LogP contribution in [0.5, 0.6) is 0 Å². The van der Waals surface area contributed by atoms with Gasteiger partial charge in [0.25, 0.3) is 0 Å². The molecule has 0 fully saturated rings. The molecule has 0 aliphatic heterocycles. The molecule has 0 amide bonds. The molecule has 0 aliphatic carbocycles. The molecular formula is C10H8N3+. The van der Waals surface area contributed by atoms with Crippen LogP contribution in [0.1, 0.15) is 5.69 Å². The fraction of sp³-hybridized carbons (Fsp3) is 0. The smallest absolute Gasteiger partial charge is 0.204 e. The van der Waals surface area contributed by atoms with Gasteiger partial charge >= 0.3 is 5.69 Å². The lowest BCUT2D eigenvalue weighted by Gasteiger charge is -1.94. The van der Waals surface area contributed by atoms with Crippen molar-refractivity contribution >= 4 is 10.9 Å². The lowest BCUT2D eigenvalue weighted by atomic mass is 10.2. The van der Waals surface area contributed by atoms with E-state index in [-0.39, 0.29) is 0 Å². The number of nitriles is 1. The molecule has 1 aromatic carbocycles. The normalized spacial score (nSPS) is 9.77. The Morgan fingerprint density at radius 3 is 2.69 bits per heavy atom. The number of nitrogens with two attached hydrogens (primary N) is 1. The quantitative estimate of drug-likeness (QED) is 0.467. The number of nitrogen functional groups attached to an aromatic ring is 1. The molecule has 2 rings (SSSR count). The number of fused-ring (bicyclic) bond motifs is 1. The van der Waals surface area contributed by atoms with Crippen molar-refractivity contribution in [2.24, 2.45) is 0 Å². The third kappa shape index (κ3) is 1.09. The van der Waals surface area contributed by atoms with Gasteiger partial charge in [0, 0.05) is 17.5 Å². The minimum Gasteiger partial charge on any atom is -0.204 e. The summed E-state index contributed by atoms with van der Waals surface area (Å²) < 4.78 is 1.40. The molecule has 62 valence electrons. The largest absolute Gasteiger partial charge is 0.312 e. The third-order valence-corrected chi connectivity index (χ3v) is 1.99. The second-order valence-electron chi connectivity index (χ2n) is 2.76. The maximum atomic E-state index is 8.73. The van der Waals surface area contributed by atoms with E-state index in [9.17, 15) is 0 Å². The SMILES string of the molecule is N#Cc1ccc2ccccc2[n+]1N. The molecule has 3 heteroatoms. The molecule has 0 unspecified atom stereocenters. The Bertz CT molecular complexity index is 497. The number of rotatable bonds is 0. The van der Waals surface area contributed by atoms with Gasteiger partial charge in [-0.25, -0.2) is 5.84 Å². The van der Waals surface area contributed by atoms with E-state index in [2.05, 4.69) is 0 Å². The summed E-state index contributed by atoms with van der Waals surface area (Å²) >= 11 is 0. The standard InChI is InChI=1S/C10H8N3/c11-7-9-6-5-8-3-1-2-4-10(8)13(9)12/h1-6H,12H2/q+1. The van der Waals surface area contributed by atoms with E-state index in [1.54, 1.807) is 6.07 Å². The summed E-state index contributed by atoms with van der Waals surface area (Å²) in [5, 5.41) is 9.76. The van der Waals surface area contributed by atoms with Gasteiger partial charge in [-0.3, -0.25) is 0 Å². The first-order chi connectivity index (χ1) is 6.33. The summed E-state index contributed by atoms with van der Waals surface area (Å²) in [5.74, 6) is 5.72. The van der Waals surface area contributed by atoms with Crippen molar-refractivity contribution < 1.29 is 4.68 Å². The highest BCUT2D eigenvalue weighted by molar-refractivity contribution is 5.75. The average molecular weight is 170 g/mol. The van der Waals surface area contributed by atoms with E-state index in [4.69, 9.17) is 11.1 Å². The average Bonchev–Trinajstić information content (AvgIpc) is 2.19. The molecule has 3 nitrogen and oxygen atoms in total. The van der Waals surface area contributed by atoms with E-state index >= 15 is 0 Å². The highest BCUT2D eigenvalue weighted by Gasteiger charge is 2.10. The van der Waals surface area contributed by atoms with Gasteiger partial charge in [0.1, 0.15) is 0 Å². The predicted octanol–water partition coefficient (Wildman–Crippen LogP) is 0.713. The first-order valence-corrected chi connectivity index (χ1v) is 3.92. The predicted molar refractivity (Wildman–Crippen MR) is 49.0 cm³/mol. The fourth-order valence-electron chi connectivity index (χ4n) is 1.32. The van der Waals surface area contributed by atoms with Gasteiger partial charge in [-0.15, -0.1) is 0 Å². The molecule has 0 saturated carbocycles. The molecule has 0 radical (unpaired) electrons. The van der Waals surface area contributed by atoms with Crippen molar-refractivity contribution in [1.82, 2.24) is 0 Å². The number of benzene rings is 1. The summed E-state index contributed by atoms with van der Waals surface area (Å²) in [7, 11) is 0. The molecule has 0 spiro atoms. The van der Waals surface area contributed by atoms with Gasteiger partial charge in [-0.1, -0.05) is 16.8 Å². The second kappa shape index (κ2) is 2.76. The van der Waals surface area contributed by atoms with E-state index in [1.165, 1.54) is 4.68 Å². The number of pyridine rings is 1. The van der Waals surface area contributed by atoms with Gasteiger partial charge in [0.2, 0.25) is 5.52 Å². The summed E-state index contributed by atoms with van der Waals surface area (Å²) in [6, 6.07) is 13.3. The molecule has 0 bridgehead atoms. The van der Waals surface area contributed by atoms with Crippen LogP contribution in [0.3, 0.4) is 0 Å². The Morgan fingerprint density at radius 2 is 1.92 bits per heavy atom. The molecule has 0 atom stereocenters. The number of hydrogen-bond acceptors (Lipinski definition) is 2. The van der Waals surface area contributed by atoms with Crippen molar-refractivity contribution in [3.8, 4) is 6.07 Å². The molecule has 0 saturated heterocycles. The number of nitrogens with zero attached hydrogens (tertiary/aromatic N) is 2. The van der Waals surface area contributed by atoms with Crippen molar-refractivity contribution in [2.75, 3.05) is 5.84 Å². The maximum Gasteiger partial charge on any atom is 0.312 e. The van der Waals surface area contributed by atoms with Crippen LogP contribution in [-0.2, 0) is 0 Å². The molecular weight excluding hydrogens is 162 g/mol. The molecule has 13 heavy (non-hydrogen) atoms. The Labute approximate surface area is 75.6 Å². The lowest BCUT2D eigenvalue weighted by molar-refractivity contribution is -0.614. The lowest BCUT2D eigenvalue weighted by Crippen LogP contribution is -2.48. The topological polar surface area (TPSA) is 53.7 Å². The Kier molecular flexibility index (Phi) is 1.60. The molecule has 2 aromatic rings. The minimum atomic E-state index is 0.457. The van der Waals surface area contributed by atoms with Gasteiger partial charge in [-0.05, 0) is 12.1 Å². The molecule has 0 aliphatic rings. The first kappa shape index (κ1) is 7.56. The van der Waals surface area contributed by atoms with E-state index in [0.717, 1.165) is 10.9 Å². The van der Waals surface area contributed by atoms with Crippen LogP contribution >= 0.6 is 0 Å². The van der Waals surface area contributed by atoms with Gasteiger partial charge in [0.05, 0.1) is 0 Å². The minimum absolute atomic E-state index is 0.457. The number of hydrogen-bond donors (Lipinski definition) is 1. The summed E-state index contributed by atoms with van der Waals surface area (Å²) in [6.45, 7) is 0. The zero-order valence-corrected chi connectivity index (χ0v) is 6.94. The van der Waals surface area contributed by atoms with Crippen molar-refractivity contribution in [3.05, 3.63) is 42.1 Å². The highest BCUT2D eigenvalue weighted by atomic mass is 15.3. The third-order valence-electron chi connectivity index (χ3n) is 1.99. The van der Waals surface area contributed by atoms with Crippen LogP contribution in [0.4, 0.5) is 0 Å². The van der Waals surface area contributed by atoms with E-state index < -0.39 is 0 Å². The van der Waals surface area contributed by atoms with Crippen LogP contribution in [0.15, 0.2) is 36.4 Å². The second-order valence-corrected chi connectivity index (χ2v) is 2.76. The number of para-hydroxylation sites is 1. The van der Waals surface area contributed by atoms with Crippen LogP contribution in [-0.4, -0.2) is 0 Å². The summed E-state index contributed by atoms with van der Waals surface area (Å²) in [4.78, 5) is 0. The Hall–Kier alpha value is -2.08. The van der Waals surface area contributed by atoms with Crippen molar-refractivity contribution in [2.45, 2.75) is 0 Å². The van der Waals surface area contributed by atoms with Crippen LogP contribution in [0.2, 0.25) is 0 Å². The zero-order valence-electron chi connectivity index (χ0n) is 6.94. The summed E-state index contributed by atoms with van der Waals surface area (Å²) in [6.07, 6.45) is 0. The van der Waals surface area contributed by atoms with Gasteiger partial charge < -0.3 is 0 Å². The Balaban J connectivity index is 2.89. The summed E-state index contributed by atoms with van der Waals surface area (Å²) in [5.41, 5.74) is 1.32. The maximum absolute atomic E-state index is 8.73. The fourth-order valence-corrected chi connectivity index (χ4v) is 1.32. The molecule has 2 N–H and O–H groups in total. The van der Waals surface area contributed by atoms with E-state index in [1.807, 2.05) is 36.4 Å². The Morgan fingerprint density at radius 1 is 1.15 bits per heavy atom. The molecule has 1 heterocycles. The number of aromatic nitrogens is 1.